The number of carbonyl (C=O) groups excluding carboxylic acids is 1. The molecule has 5 nitrogen and oxygen atoms in total. The first-order valence-corrected chi connectivity index (χ1v) is 6.77. The molecular formula is C15H18N4O. The first-order valence-electron chi connectivity index (χ1n) is 6.77. The van der Waals surface area contributed by atoms with Gasteiger partial charge in [0.25, 0.3) is 0 Å². The summed E-state index contributed by atoms with van der Waals surface area (Å²) in [5.41, 5.74) is 3.56. The highest BCUT2D eigenvalue weighted by atomic mass is 16.2. The Bertz CT molecular complexity index is 594. The molecule has 0 aliphatic carbocycles. The van der Waals surface area contributed by atoms with Crippen LogP contribution in [0.5, 0.6) is 0 Å². The lowest BCUT2D eigenvalue weighted by Crippen LogP contribution is -2.47. The topological polar surface area (TPSA) is 61.0 Å². The van der Waals surface area contributed by atoms with Gasteiger partial charge in [-0.1, -0.05) is 24.3 Å². The second kappa shape index (κ2) is 5.46. The molecule has 5 heteroatoms. The zero-order valence-corrected chi connectivity index (χ0v) is 11.5. The average Bonchev–Trinajstić information content (AvgIpc) is 2.99. The van der Waals surface area contributed by atoms with Gasteiger partial charge in [0, 0.05) is 31.9 Å². The van der Waals surface area contributed by atoms with Gasteiger partial charge in [-0.3, -0.25) is 9.89 Å². The van der Waals surface area contributed by atoms with Crippen LogP contribution in [0, 0.1) is 0 Å². The number of H-pyrrole nitrogens is 1. The Balaban J connectivity index is 1.66. The monoisotopic (exact) mass is 270 g/mol. The molecule has 1 aliphatic heterocycles. The molecule has 1 unspecified atom stereocenters. The van der Waals surface area contributed by atoms with Crippen LogP contribution in [-0.4, -0.2) is 34.1 Å². The van der Waals surface area contributed by atoms with Gasteiger partial charge in [-0.25, -0.2) is 0 Å². The Hall–Kier alpha value is -2.14. The number of carbonyl (C=O) groups is 1. The minimum atomic E-state index is -0.137. The van der Waals surface area contributed by atoms with E-state index in [1.54, 1.807) is 11.1 Å². The smallest absolute Gasteiger partial charge is 0.240 e. The number of hydrogen-bond donors (Lipinski definition) is 2. The molecule has 1 aromatic carbocycles. The van der Waals surface area contributed by atoms with Crippen molar-refractivity contribution < 1.29 is 4.79 Å². The molecule has 2 N–H and O–H groups in total. The van der Waals surface area contributed by atoms with Crippen molar-refractivity contribution in [2.24, 2.45) is 0 Å². The van der Waals surface area contributed by atoms with Crippen LogP contribution in [0.2, 0.25) is 0 Å². The number of likely N-dealkylation sites (N-methyl/N-ethyl adjacent to an activating group) is 1. The lowest BCUT2D eigenvalue weighted by atomic mass is 9.95. The van der Waals surface area contributed by atoms with E-state index in [4.69, 9.17) is 0 Å². The van der Waals surface area contributed by atoms with Crippen molar-refractivity contribution in [3.05, 3.63) is 53.3 Å². The standard InChI is InChI=1S/C15H18N4O/c1-19(10-11-7-17-18-8-11)15(20)14-6-12-4-2-3-5-13(12)9-16-14/h2-5,7-8,14,16H,6,9-10H2,1H3,(H,17,18). The van der Waals surface area contributed by atoms with Crippen LogP contribution in [0.1, 0.15) is 16.7 Å². The van der Waals surface area contributed by atoms with E-state index in [-0.39, 0.29) is 11.9 Å². The number of rotatable bonds is 3. The maximum Gasteiger partial charge on any atom is 0.240 e. The first kappa shape index (κ1) is 12.9. The van der Waals surface area contributed by atoms with Gasteiger partial charge in [0.2, 0.25) is 5.91 Å². The van der Waals surface area contributed by atoms with Gasteiger partial charge in [-0.05, 0) is 17.5 Å². The van der Waals surface area contributed by atoms with Crippen LogP contribution in [0.4, 0.5) is 0 Å². The molecule has 1 aromatic heterocycles. The van der Waals surface area contributed by atoms with E-state index in [0.717, 1.165) is 18.5 Å². The SMILES string of the molecule is CN(Cc1cn[nH]c1)C(=O)C1Cc2ccccc2CN1. The molecule has 104 valence electrons. The largest absolute Gasteiger partial charge is 0.340 e. The molecule has 3 rings (SSSR count). The van der Waals surface area contributed by atoms with Gasteiger partial charge in [-0.15, -0.1) is 0 Å². The van der Waals surface area contributed by atoms with Crippen LogP contribution in [0.15, 0.2) is 36.7 Å². The van der Waals surface area contributed by atoms with Gasteiger partial charge in [-0.2, -0.15) is 5.10 Å². The number of nitrogens with zero attached hydrogens (tertiary/aromatic N) is 2. The minimum absolute atomic E-state index is 0.126. The van der Waals surface area contributed by atoms with Gasteiger partial charge < -0.3 is 10.2 Å². The van der Waals surface area contributed by atoms with E-state index in [9.17, 15) is 4.79 Å². The fraction of sp³-hybridized carbons (Fsp3) is 0.333. The summed E-state index contributed by atoms with van der Waals surface area (Å²) in [5, 5.41) is 9.98. The molecule has 1 atom stereocenters. The number of benzene rings is 1. The van der Waals surface area contributed by atoms with Crippen molar-refractivity contribution in [3.8, 4) is 0 Å². The summed E-state index contributed by atoms with van der Waals surface area (Å²) in [5.74, 6) is 0.126. The molecule has 1 aliphatic rings. The van der Waals surface area contributed by atoms with E-state index < -0.39 is 0 Å². The summed E-state index contributed by atoms with van der Waals surface area (Å²) < 4.78 is 0. The van der Waals surface area contributed by atoms with Crippen LogP contribution in [0.25, 0.3) is 0 Å². The molecule has 1 amide bonds. The normalized spacial score (nSPS) is 17.6. The van der Waals surface area contributed by atoms with Gasteiger partial charge in [0.05, 0.1) is 12.2 Å². The van der Waals surface area contributed by atoms with Crippen molar-refractivity contribution in [2.45, 2.75) is 25.6 Å². The molecular weight excluding hydrogens is 252 g/mol. The zero-order valence-electron chi connectivity index (χ0n) is 11.5. The summed E-state index contributed by atoms with van der Waals surface area (Å²) in [7, 11) is 1.83. The molecule has 20 heavy (non-hydrogen) atoms. The zero-order chi connectivity index (χ0) is 13.9. The number of amides is 1. The molecule has 0 saturated heterocycles. The first-order chi connectivity index (χ1) is 9.74. The Morgan fingerprint density at radius 3 is 2.95 bits per heavy atom. The number of hydrogen-bond acceptors (Lipinski definition) is 3. The lowest BCUT2D eigenvalue weighted by molar-refractivity contribution is -0.132. The molecule has 0 bridgehead atoms. The van der Waals surface area contributed by atoms with E-state index in [1.165, 1.54) is 11.1 Å². The molecule has 0 spiro atoms. The highest BCUT2D eigenvalue weighted by Gasteiger charge is 2.26. The summed E-state index contributed by atoms with van der Waals surface area (Å²) >= 11 is 0. The molecule has 0 fully saturated rings. The van der Waals surface area contributed by atoms with Crippen molar-refractivity contribution in [1.29, 1.82) is 0 Å². The van der Waals surface area contributed by atoms with Gasteiger partial charge in [0.1, 0.15) is 0 Å². The Kier molecular flexibility index (Phi) is 3.52. The second-order valence-electron chi connectivity index (χ2n) is 5.21. The number of aromatic nitrogens is 2. The summed E-state index contributed by atoms with van der Waals surface area (Å²) in [6, 6.07) is 8.14. The molecule has 0 saturated carbocycles. The quantitative estimate of drug-likeness (QED) is 0.877. The van der Waals surface area contributed by atoms with Crippen molar-refractivity contribution in [2.75, 3.05) is 7.05 Å². The summed E-state index contributed by atoms with van der Waals surface area (Å²) in [6.45, 7) is 1.33. The summed E-state index contributed by atoms with van der Waals surface area (Å²) in [6.07, 6.45) is 4.31. The van der Waals surface area contributed by atoms with Crippen molar-refractivity contribution >= 4 is 5.91 Å². The maximum atomic E-state index is 12.5. The highest BCUT2D eigenvalue weighted by molar-refractivity contribution is 5.82. The number of nitrogens with one attached hydrogen (secondary N) is 2. The fourth-order valence-electron chi connectivity index (χ4n) is 2.61. The van der Waals surface area contributed by atoms with Crippen LogP contribution >= 0.6 is 0 Å². The Labute approximate surface area is 118 Å². The van der Waals surface area contributed by atoms with Crippen molar-refractivity contribution in [1.82, 2.24) is 20.4 Å². The second-order valence-corrected chi connectivity index (χ2v) is 5.21. The van der Waals surface area contributed by atoms with Crippen LogP contribution in [-0.2, 0) is 24.3 Å². The van der Waals surface area contributed by atoms with E-state index in [2.05, 4.69) is 27.6 Å². The van der Waals surface area contributed by atoms with Crippen LogP contribution < -0.4 is 5.32 Å². The fourth-order valence-corrected chi connectivity index (χ4v) is 2.61. The molecule has 2 heterocycles. The predicted molar refractivity (Wildman–Crippen MR) is 75.8 cm³/mol. The minimum Gasteiger partial charge on any atom is -0.340 e. The third-order valence-corrected chi connectivity index (χ3v) is 3.73. The molecule has 2 aromatic rings. The van der Waals surface area contributed by atoms with E-state index in [1.807, 2.05) is 25.4 Å². The van der Waals surface area contributed by atoms with E-state index >= 15 is 0 Å². The van der Waals surface area contributed by atoms with Gasteiger partial charge in [0.15, 0.2) is 0 Å². The third-order valence-electron chi connectivity index (χ3n) is 3.73. The number of aromatic amines is 1. The third kappa shape index (κ3) is 2.58. The average molecular weight is 270 g/mol. The highest BCUT2D eigenvalue weighted by Crippen LogP contribution is 2.17. The van der Waals surface area contributed by atoms with E-state index in [0.29, 0.717) is 6.54 Å². The predicted octanol–water partition coefficient (Wildman–Crippen LogP) is 1.08. The summed E-state index contributed by atoms with van der Waals surface area (Å²) in [4.78, 5) is 14.2. The maximum absolute atomic E-state index is 12.5. The van der Waals surface area contributed by atoms with Gasteiger partial charge >= 0.3 is 0 Å². The molecule has 0 radical (unpaired) electrons. The Morgan fingerprint density at radius 2 is 2.20 bits per heavy atom. The Morgan fingerprint density at radius 1 is 1.40 bits per heavy atom. The number of fused-ring (bicyclic) bond motifs is 1. The lowest BCUT2D eigenvalue weighted by Gasteiger charge is -2.28. The van der Waals surface area contributed by atoms with Crippen molar-refractivity contribution in [3.63, 3.8) is 0 Å². The van der Waals surface area contributed by atoms with Crippen LogP contribution in [0.3, 0.4) is 0 Å².